The summed E-state index contributed by atoms with van der Waals surface area (Å²) in [6.07, 6.45) is 9.54. The van der Waals surface area contributed by atoms with Crippen LogP contribution in [-0.2, 0) is 37.9 Å². The molecule has 0 spiro atoms. The van der Waals surface area contributed by atoms with Crippen molar-refractivity contribution < 1.29 is 37.9 Å². The second-order valence-electron chi connectivity index (χ2n) is 8.11. The van der Waals surface area contributed by atoms with E-state index in [0.717, 1.165) is 38.4 Å². The highest BCUT2D eigenvalue weighted by Gasteiger charge is 1.96. The lowest BCUT2D eigenvalue weighted by atomic mass is 10.2. The minimum Gasteiger partial charge on any atom is -0.379 e. The predicted molar refractivity (Wildman–Crippen MR) is 153 cm³/mol. The lowest BCUT2D eigenvalue weighted by Crippen LogP contribution is -2.15. The topological polar surface area (TPSA) is 73.8 Å². The first-order chi connectivity index (χ1) is 17.9. The van der Waals surface area contributed by atoms with E-state index < -0.39 is 0 Å². The number of ether oxygens (including phenoxy) is 8. The molecule has 0 heterocycles. The minimum absolute atomic E-state index is 0.546. The standard InChI is InChI=1S/C26H52ClIO8/c27-9-5-1-3-7-11-29-13-15-31-17-19-33-21-23-35-25-26-36-24-22-34-20-18-32-16-14-30-12-8-4-2-6-10-28/h1-26H2. The molecule has 0 rings (SSSR count). The molecular weight excluding hydrogens is 603 g/mol. The van der Waals surface area contributed by atoms with E-state index in [1.54, 1.807) is 0 Å². The summed E-state index contributed by atoms with van der Waals surface area (Å²) in [5, 5.41) is 0. The lowest BCUT2D eigenvalue weighted by molar-refractivity contribution is -0.0232. The van der Waals surface area contributed by atoms with Crippen LogP contribution in [0.25, 0.3) is 0 Å². The van der Waals surface area contributed by atoms with Crippen LogP contribution >= 0.6 is 34.2 Å². The fraction of sp³-hybridized carbons (Fsp3) is 1.00. The number of alkyl halides is 2. The molecule has 0 aliphatic rings. The molecule has 0 bridgehead atoms. The summed E-state index contributed by atoms with van der Waals surface area (Å²) in [5.41, 5.74) is 0. The summed E-state index contributed by atoms with van der Waals surface area (Å²) in [6.45, 7) is 9.70. The molecule has 0 unspecified atom stereocenters. The zero-order valence-electron chi connectivity index (χ0n) is 22.4. The normalized spacial score (nSPS) is 11.5. The minimum atomic E-state index is 0.546. The van der Waals surface area contributed by atoms with E-state index in [1.165, 1.54) is 36.5 Å². The molecule has 0 aromatic carbocycles. The molecule has 0 atom stereocenters. The fourth-order valence-electron chi connectivity index (χ4n) is 2.95. The van der Waals surface area contributed by atoms with Crippen LogP contribution in [0.2, 0.25) is 0 Å². The van der Waals surface area contributed by atoms with E-state index in [1.807, 2.05) is 0 Å². The number of halogens is 2. The van der Waals surface area contributed by atoms with Gasteiger partial charge in [-0.05, 0) is 30.1 Å². The molecule has 0 fully saturated rings. The zero-order valence-corrected chi connectivity index (χ0v) is 25.3. The van der Waals surface area contributed by atoms with Gasteiger partial charge >= 0.3 is 0 Å². The first kappa shape index (κ1) is 36.7. The summed E-state index contributed by atoms with van der Waals surface area (Å²) in [4.78, 5) is 0. The SMILES string of the molecule is ClCCCCCCOCCOCCOCCOCCOCCOCCOCCOCCCCCCI. The Bertz CT molecular complexity index is 352. The van der Waals surface area contributed by atoms with Crippen molar-refractivity contribution in [3.8, 4) is 0 Å². The lowest BCUT2D eigenvalue weighted by Gasteiger charge is -2.08. The van der Waals surface area contributed by atoms with Gasteiger partial charge in [0.05, 0.1) is 92.5 Å². The van der Waals surface area contributed by atoms with Crippen molar-refractivity contribution in [2.45, 2.75) is 51.4 Å². The van der Waals surface area contributed by atoms with Crippen molar-refractivity contribution in [2.75, 3.05) is 116 Å². The Morgan fingerprint density at radius 3 is 0.833 bits per heavy atom. The average molecular weight is 655 g/mol. The van der Waals surface area contributed by atoms with Gasteiger partial charge in [-0.1, -0.05) is 48.3 Å². The van der Waals surface area contributed by atoms with Gasteiger partial charge in [0.1, 0.15) is 0 Å². The van der Waals surface area contributed by atoms with E-state index >= 15 is 0 Å². The quantitative estimate of drug-likeness (QED) is 0.0562. The molecule has 0 radical (unpaired) electrons. The highest BCUT2D eigenvalue weighted by atomic mass is 127. The maximum atomic E-state index is 5.64. The highest BCUT2D eigenvalue weighted by Crippen LogP contribution is 2.02. The van der Waals surface area contributed by atoms with E-state index in [2.05, 4.69) is 22.6 Å². The molecular formula is C26H52ClIO8. The average Bonchev–Trinajstić information content (AvgIpc) is 2.89. The van der Waals surface area contributed by atoms with Gasteiger partial charge in [-0.15, -0.1) is 11.6 Å². The van der Waals surface area contributed by atoms with Crippen LogP contribution in [-0.4, -0.2) is 116 Å². The van der Waals surface area contributed by atoms with Gasteiger partial charge in [0.25, 0.3) is 0 Å². The Hall–Kier alpha value is 0.700. The molecule has 8 nitrogen and oxygen atoms in total. The van der Waals surface area contributed by atoms with Crippen molar-refractivity contribution >= 4 is 34.2 Å². The largest absolute Gasteiger partial charge is 0.379 e. The Balaban J connectivity index is 3.00. The molecule has 0 amide bonds. The summed E-state index contributed by atoms with van der Waals surface area (Å²) in [5.74, 6) is 0.751. The van der Waals surface area contributed by atoms with Crippen LogP contribution in [0.5, 0.6) is 0 Å². The van der Waals surface area contributed by atoms with Gasteiger partial charge in [-0.3, -0.25) is 0 Å². The smallest absolute Gasteiger partial charge is 0.0701 e. The highest BCUT2D eigenvalue weighted by molar-refractivity contribution is 14.1. The maximum Gasteiger partial charge on any atom is 0.0701 e. The van der Waals surface area contributed by atoms with E-state index in [-0.39, 0.29) is 0 Å². The molecule has 0 N–H and O–H groups in total. The van der Waals surface area contributed by atoms with Crippen LogP contribution < -0.4 is 0 Å². The Kier molecular flexibility index (Phi) is 36.4. The van der Waals surface area contributed by atoms with Crippen LogP contribution in [0.3, 0.4) is 0 Å². The maximum absolute atomic E-state index is 5.64. The second kappa shape index (κ2) is 35.7. The van der Waals surface area contributed by atoms with E-state index in [0.29, 0.717) is 92.5 Å². The number of rotatable bonds is 33. The third-order valence-electron chi connectivity index (χ3n) is 4.95. The fourth-order valence-corrected chi connectivity index (χ4v) is 3.67. The van der Waals surface area contributed by atoms with Crippen molar-refractivity contribution in [2.24, 2.45) is 0 Å². The molecule has 0 aromatic heterocycles. The van der Waals surface area contributed by atoms with Gasteiger partial charge in [0.2, 0.25) is 0 Å². The van der Waals surface area contributed by atoms with Gasteiger partial charge in [-0.25, -0.2) is 0 Å². The monoisotopic (exact) mass is 654 g/mol. The Morgan fingerprint density at radius 1 is 0.306 bits per heavy atom. The first-order valence-electron chi connectivity index (χ1n) is 13.7. The molecule has 0 aromatic rings. The Labute approximate surface area is 238 Å². The van der Waals surface area contributed by atoms with Gasteiger partial charge in [-0.2, -0.15) is 0 Å². The molecule has 10 heteroatoms. The van der Waals surface area contributed by atoms with E-state index in [4.69, 9.17) is 49.5 Å². The van der Waals surface area contributed by atoms with Crippen molar-refractivity contribution in [1.29, 1.82) is 0 Å². The van der Waals surface area contributed by atoms with E-state index in [9.17, 15) is 0 Å². The zero-order chi connectivity index (χ0) is 26.0. The predicted octanol–water partition coefficient (Wildman–Crippen LogP) is 4.91. The number of unbranched alkanes of at least 4 members (excludes halogenated alkanes) is 6. The molecule has 0 aliphatic heterocycles. The summed E-state index contributed by atoms with van der Waals surface area (Å²) >= 11 is 8.07. The Morgan fingerprint density at radius 2 is 0.556 bits per heavy atom. The molecule has 0 saturated heterocycles. The van der Waals surface area contributed by atoms with Crippen molar-refractivity contribution in [1.82, 2.24) is 0 Å². The van der Waals surface area contributed by atoms with Gasteiger partial charge < -0.3 is 37.9 Å². The van der Waals surface area contributed by atoms with Gasteiger partial charge in [0.15, 0.2) is 0 Å². The van der Waals surface area contributed by atoms with Crippen molar-refractivity contribution in [3.63, 3.8) is 0 Å². The number of hydrogen-bond acceptors (Lipinski definition) is 8. The van der Waals surface area contributed by atoms with Gasteiger partial charge in [0, 0.05) is 19.1 Å². The molecule has 0 aliphatic carbocycles. The summed E-state index contributed by atoms with van der Waals surface area (Å²) < 4.78 is 45.2. The molecule has 0 saturated carbocycles. The summed E-state index contributed by atoms with van der Waals surface area (Å²) in [6, 6.07) is 0. The van der Waals surface area contributed by atoms with Crippen LogP contribution in [0, 0.1) is 0 Å². The third-order valence-corrected chi connectivity index (χ3v) is 5.98. The van der Waals surface area contributed by atoms with Crippen LogP contribution in [0.4, 0.5) is 0 Å². The first-order valence-corrected chi connectivity index (χ1v) is 15.7. The second-order valence-corrected chi connectivity index (χ2v) is 9.56. The molecule has 218 valence electrons. The third kappa shape index (κ3) is 34.7. The van der Waals surface area contributed by atoms with Crippen LogP contribution in [0.1, 0.15) is 51.4 Å². The van der Waals surface area contributed by atoms with Crippen LogP contribution in [0.15, 0.2) is 0 Å². The summed E-state index contributed by atoms with van der Waals surface area (Å²) in [7, 11) is 0. The number of hydrogen-bond donors (Lipinski definition) is 0. The van der Waals surface area contributed by atoms with Crippen molar-refractivity contribution in [3.05, 3.63) is 0 Å². The molecule has 36 heavy (non-hydrogen) atoms.